The average molecular weight is 384 g/mol. The number of phosphoric acid groups is 1. The van der Waals surface area contributed by atoms with Crippen molar-refractivity contribution < 1.29 is 33.8 Å². The fourth-order valence-electron chi connectivity index (χ4n) is 2.20. The predicted octanol–water partition coefficient (Wildman–Crippen LogP) is 2.39. The van der Waals surface area contributed by atoms with E-state index in [1.807, 2.05) is 0 Å². The van der Waals surface area contributed by atoms with Crippen molar-refractivity contribution in [2.45, 2.75) is 12.2 Å². The number of rotatable bonds is 7. The maximum absolute atomic E-state index is 11.2. The van der Waals surface area contributed by atoms with Crippen LogP contribution in [0.5, 0.6) is 0 Å². The van der Waals surface area contributed by atoms with E-state index in [1.165, 1.54) is 24.3 Å². The zero-order chi connectivity index (χ0) is 19.5. The number of hydrogen-bond acceptors (Lipinski definition) is 7. The molecule has 0 aliphatic carbocycles. The Morgan fingerprint density at radius 1 is 0.846 bits per heavy atom. The van der Waals surface area contributed by atoms with E-state index in [9.17, 15) is 29.9 Å². The van der Waals surface area contributed by atoms with Gasteiger partial charge in [-0.2, -0.15) is 0 Å². The number of nitrogens with zero attached hydrogens (tertiary/aromatic N) is 2. The summed E-state index contributed by atoms with van der Waals surface area (Å²) in [6.07, 6.45) is -3.15. The highest BCUT2D eigenvalue weighted by Gasteiger charge is 2.31. The molecule has 0 aliphatic rings. The second-order valence-electron chi connectivity index (χ2n) is 5.16. The quantitative estimate of drug-likeness (QED) is 0.368. The van der Waals surface area contributed by atoms with Crippen LogP contribution in [0.15, 0.2) is 48.5 Å². The first-order valence-corrected chi connectivity index (χ1v) is 8.52. The normalized spacial score (nSPS) is 13.8. The second-order valence-corrected chi connectivity index (χ2v) is 6.35. The van der Waals surface area contributed by atoms with E-state index in [4.69, 9.17) is 9.79 Å². The van der Waals surface area contributed by atoms with E-state index < -0.39 is 29.9 Å². The van der Waals surface area contributed by atoms with Crippen molar-refractivity contribution in [3.63, 3.8) is 0 Å². The Hall–Kier alpha value is -2.69. The predicted molar refractivity (Wildman–Crippen MR) is 87.0 cm³/mol. The largest absolute Gasteiger partial charge is 0.470 e. The van der Waals surface area contributed by atoms with Crippen LogP contribution in [0.3, 0.4) is 0 Å². The Balaban J connectivity index is 2.38. The number of benzene rings is 2. The average Bonchev–Trinajstić information content (AvgIpc) is 2.58. The second kappa shape index (κ2) is 7.68. The van der Waals surface area contributed by atoms with Crippen LogP contribution >= 0.6 is 7.82 Å². The molecule has 0 heterocycles. The Kier molecular flexibility index (Phi) is 5.80. The first-order chi connectivity index (χ1) is 12.1. The molecule has 2 atom stereocenters. The van der Waals surface area contributed by atoms with E-state index in [0.29, 0.717) is 0 Å². The third kappa shape index (κ3) is 4.91. The number of phosphoric ester groups is 1. The topological polar surface area (TPSA) is 173 Å². The van der Waals surface area contributed by atoms with Gasteiger partial charge in [0, 0.05) is 24.3 Å². The zero-order valence-corrected chi connectivity index (χ0v) is 13.8. The van der Waals surface area contributed by atoms with Crippen molar-refractivity contribution in [3.8, 4) is 0 Å². The van der Waals surface area contributed by atoms with Crippen molar-refractivity contribution >= 4 is 19.2 Å². The van der Waals surface area contributed by atoms with Crippen LogP contribution in [-0.4, -0.2) is 24.7 Å². The van der Waals surface area contributed by atoms with E-state index in [2.05, 4.69) is 4.52 Å². The fourth-order valence-corrected chi connectivity index (χ4v) is 2.74. The van der Waals surface area contributed by atoms with Crippen LogP contribution in [0, 0.1) is 20.2 Å². The Bertz CT molecular complexity index is 848. The standard InChI is InChI=1S/C14H13N2O9P/c17-13(9-1-5-11(6-2-9)15(18)19)14(25-26(22,23)24)10-3-7-12(8-4-10)16(20)21/h1-8,13-14,17H,(H2,22,23,24). The van der Waals surface area contributed by atoms with Crippen molar-refractivity contribution in [3.05, 3.63) is 79.9 Å². The fraction of sp³-hybridized carbons (Fsp3) is 0.143. The van der Waals surface area contributed by atoms with Gasteiger partial charge in [0.1, 0.15) is 12.2 Å². The molecule has 0 spiro atoms. The minimum absolute atomic E-state index is 0.0739. The number of nitro benzene ring substituents is 2. The van der Waals surface area contributed by atoms with Gasteiger partial charge in [-0.15, -0.1) is 0 Å². The van der Waals surface area contributed by atoms with Gasteiger partial charge in [0.15, 0.2) is 0 Å². The molecule has 0 fully saturated rings. The Labute approximate surface area is 146 Å². The van der Waals surface area contributed by atoms with Gasteiger partial charge in [-0.25, -0.2) is 4.57 Å². The van der Waals surface area contributed by atoms with Crippen molar-refractivity contribution in [2.75, 3.05) is 0 Å². The number of aliphatic hydroxyl groups excluding tert-OH is 1. The molecule has 2 aromatic rings. The van der Waals surface area contributed by atoms with Crippen LogP contribution in [0.1, 0.15) is 23.3 Å². The molecule has 11 nitrogen and oxygen atoms in total. The lowest BCUT2D eigenvalue weighted by atomic mass is 9.98. The zero-order valence-electron chi connectivity index (χ0n) is 12.9. The summed E-state index contributed by atoms with van der Waals surface area (Å²) in [5.74, 6) is 0. The van der Waals surface area contributed by atoms with E-state index in [-0.39, 0.29) is 22.5 Å². The lowest BCUT2D eigenvalue weighted by molar-refractivity contribution is -0.385. The molecular formula is C14H13N2O9P. The van der Waals surface area contributed by atoms with Crippen LogP contribution in [0.4, 0.5) is 11.4 Å². The maximum Gasteiger partial charge on any atom is 0.470 e. The molecule has 0 saturated heterocycles. The summed E-state index contributed by atoms with van der Waals surface area (Å²) in [5, 5.41) is 31.8. The van der Waals surface area contributed by atoms with Crippen molar-refractivity contribution in [1.29, 1.82) is 0 Å². The molecule has 12 heteroatoms. The number of nitro groups is 2. The van der Waals surface area contributed by atoms with Gasteiger partial charge < -0.3 is 14.9 Å². The summed E-state index contributed by atoms with van der Waals surface area (Å²) in [6, 6.07) is 9.21. The number of non-ortho nitro benzene ring substituents is 2. The summed E-state index contributed by atoms with van der Waals surface area (Å²) >= 11 is 0. The Morgan fingerprint density at radius 2 is 1.23 bits per heavy atom. The van der Waals surface area contributed by atoms with Gasteiger partial charge in [0.2, 0.25) is 0 Å². The van der Waals surface area contributed by atoms with Gasteiger partial charge in [-0.3, -0.25) is 24.8 Å². The summed E-state index contributed by atoms with van der Waals surface area (Å²) < 4.78 is 15.9. The van der Waals surface area contributed by atoms with E-state index in [1.54, 1.807) is 0 Å². The van der Waals surface area contributed by atoms with Gasteiger partial charge in [-0.1, -0.05) is 0 Å². The maximum atomic E-state index is 11.2. The number of aliphatic hydroxyl groups is 1. The lowest BCUT2D eigenvalue weighted by Gasteiger charge is -2.24. The van der Waals surface area contributed by atoms with Crippen molar-refractivity contribution in [1.82, 2.24) is 0 Å². The van der Waals surface area contributed by atoms with Gasteiger partial charge in [-0.05, 0) is 35.4 Å². The summed E-state index contributed by atoms with van der Waals surface area (Å²) in [7, 11) is -5.02. The molecule has 0 saturated carbocycles. The minimum Gasteiger partial charge on any atom is -0.385 e. The summed E-state index contributed by atoms with van der Waals surface area (Å²) in [6.45, 7) is 0. The molecule has 0 aromatic heterocycles. The molecule has 0 aliphatic heterocycles. The SMILES string of the molecule is O=[N+]([O-])c1ccc(C(O)C(OP(=O)(O)O)c2ccc([N+](=O)[O-])cc2)cc1. The summed E-state index contributed by atoms with van der Waals surface area (Å²) in [5.41, 5.74) is -0.311. The molecule has 26 heavy (non-hydrogen) atoms. The molecule has 138 valence electrons. The summed E-state index contributed by atoms with van der Waals surface area (Å²) in [4.78, 5) is 38.2. The first-order valence-electron chi connectivity index (χ1n) is 6.99. The minimum atomic E-state index is -5.02. The molecular weight excluding hydrogens is 371 g/mol. The molecule has 3 N–H and O–H groups in total. The smallest absolute Gasteiger partial charge is 0.385 e. The molecule has 0 bridgehead atoms. The lowest BCUT2D eigenvalue weighted by Crippen LogP contribution is -2.14. The van der Waals surface area contributed by atoms with Gasteiger partial charge in [0.05, 0.1) is 9.85 Å². The third-order valence-electron chi connectivity index (χ3n) is 3.42. The van der Waals surface area contributed by atoms with Crippen molar-refractivity contribution in [2.24, 2.45) is 0 Å². The third-order valence-corrected chi connectivity index (χ3v) is 3.92. The highest BCUT2D eigenvalue weighted by atomic mass is 31.2. The first kappa shape index (κ1) is 19.6. The van der Waals surface area contributed by atoms with Gasteiger partial charge >= 0.3 is 7.82 Å². The highest BCUT2D eigenvalue weighted by molar-refractivity contribution is 7.46. The van der Waals surface area contributed by atoms with Crippen LogP contribution in [0.2, 0.25) is 0 Å². The molecule has 2 aromatic carbocycles. The van der Waals surface area contributed by atoms with E-state index in [0.717, 1.165) is 24.3 Å². The van der Waals surface area contributed by atoms with Crippen LogP contribution in [-0.2, 0) is 9.09 Å². The van der Waals surface area contributed by atoms with Crippen LogP contribution in [0.25, 0.3) is 0 Å². The Morgan fingerprint density at radius 3 is 1.58 bits per heavy atom. The molecule has 2 unspecified atom stereocenters. The van der Waals surface area contributed by atoms with E-state index >= 15 is 0 Å². The molecule has 2 rings (SSSR count). The monoisotopic (exact) mass is 384 g/mol. The van der Waals surface area contributed by atoms with Gasteiger partial charge in [0.25, 0.3) is 11.4 Å². The van der Waals surface area contributed by atoms with Crippen LogP contribution < -0.4 is 0 Å². The molecule has 0 amide bonds. The molecule has 0 radical (unpaired) electrons. The highest BCUT2D eigenvalue weighted by Crippen LogP contribution is 2.47. The number of hydrogen-bond donors (Lipinski definition) is 3.